The van der Waals surface area contributed by atoms with Crippen molar-refractivity contribution in [2.24, 2.45) is 0 Å². The molecule has 7 heteroatoms. The molecule has 1 saturated heterocycles. The second kappa shape index (κ2) is 10.4. The molecule has 1 fully saturated rings. The van der Waals surface area contributed by atoms with E-state index in [0.29, 0.717) is 23.4 Å². The molecule has 2 aromatic rings. The number of nitrogens with zero attached hydrogens (tertiary/aromatic N) is 1. The molecule has 1 aliphatic heterocycles. The van der Waals surface area contributed by atoms with Crippen LogP contribution in [0.15, 0.2) is 48.5 Å². The second-order valence-corrected chi connectivity index (χ2v) is 7.31. The molecular weight excluding hydrogens is 380 g/mol. The van der Waals surface area contributed by atoms with Crippen LogP contribution < -0.4 is 16.0 Å². The first-order chi connectivity index (χ1) is 14.5. The predicted octanol–water partition coefficient (Wildman–Crippen LogP) is 3.71. The SMILES string of the molecule is CCC(=O)Nc1ccc(NCC(=O)Nc2cccc(C(=O)N3CCCCC3)c2)cc1. The van der Waals surface area contributed by atoms with Crippen LogP contribution >= 0.6 is 0 Å². The fraction of sp³-hybridized carbons (Fsp3) is 0.348. The minimum atomic E-state index is -0.207. The normalized spacial score (nSPS) is 13.4. The lowest BCUT2D eigenvalue weighted by atomic mass is 10.1. The number of amides is 3. The van der Waals surface area contributed by atoms with Crippen LogP contribution in [0.25, 0.3) is 0 Å². The van der Waals surface area contributed by atoms with Crippen molar-refractivity contribution in [3.8, 4) is 0 Å². The van der Waals surface area contributed by atoms with Gasteiger partial charge in [0.2, 0.25) is 11.8 Å². The first-order valence-electron chi connectivity index (χ1n) is 10.4. The monoisotopic (exact) mass is 408 g/mol. The fourth-order valence-electron chi connectivity index (χ4n) is 3.32. The number of hydrogen-bond donors (Lipinski definition) is 3. The zero-order valence-electron chi connectivity index (χ0n) is 17.2. The summed E-state index contributed by atoms with van der Waals surface area (Å²) in [5.41, 5.74) is 2.68. The van der Waals surface area contributed by atoms with Crippen molar-refractivity contribution in [3.63, 3.8) is 0 Å². The van der Waals surface area contributed by atoms with E-state index in [1.165, 1.54) is 6.42 Å². The summed E-state index contributed by atoms with van der Waals surface area (Å²) < 4.78 is 0. The molecule has 0 unspecified atom stereocenters. The van der Waals surface area contributed by atoms with Crippen molar-refractivity contribution in [2.45, 2.75) is 32.6 Å². The highest BCUT2D eigenvalue weighted by Crippen LogP contribution is 2.17. The van der Waals surface area contributed by atoms with Crippen LogP contribution in [0.2, 0.25) is 0 Å². The maximum atomic E-state index is 12.6. The summed E-state index contributed by atoms with van der Waals surface area (Å²) in [6, 6.07) is 14.2. The molecule has 0 saturated carbocycles. The zero-order valence-corrected chi connectivity index (χ0v) is 17.2. The summed E-state index contributed by atoms with van der Waals surface area (Å²) in [5.74, 6) is -0.240. The van der Waals surface area contributed by atoms with Crippen molar-refractivity contribution in [1.82, 2.24) is 4.90 Å². The number of anilines is 3. The number of benzene rings is 2. The van der Waals surface area contributed by atoms with Gasteiger partial charge >= 0.3 is 0 Å². The van der Waals surface area contributed by atoms with E-state index in [0.717, 1.165) is 31.6 Å². The third-order valence-electron chi connectivity index (χ3n) is 4.98. The van der Waals surface area contributed by atoms with E-state index in [9.17, 15) is 14.4 Å². The van der Waals surface area contributed by atoms with Crippen molar-refractivity contribution in [3.05, 3.63) is 54.1 Å². The van der Waals surface area contributed by atoms with E-state index in [1.54, 1.807) is 55.5 Å². The van der Waals surface area contributed by atoms with Gasteiger partial charge in [0.25, 0.3) is 5.91 Å². The van der Waals surface area contributed by atoms with Gasteiger partial charge in [-0.05, 0) is 61.7 Å². The third kappa shape index (κ3) is 6.07. The standard InChI is InChI=1S/C23H28N4O3/c1-2-21(28)25-19-11-9-18(10-12-19)24-16-22(29)26-20-8-6-7-17(15-20)23(30)27-13-4-3-5-14-27/h6-12,15,24H,2-5,13-14,16H2,1H3,(H,25,28)(H,26,29). The molecule has 0 atom stereocenters. The molecule has 0 aliphatic carbocycles. The number of carbonyl (C=O) groups is 3. The van der Waals surface area contributed by atoms with Gasteiger partial charge in [0.05, 0.1) is 6.54 Å². The van der Waals surface area contributed by atoms with Crippen molar-refractivity contribution < 1.29 is 14.4 Å². The smallest absolute Gasteiger partial charge is 0.253 e. The first kappa shape index (κ1) is 21.4. The summed E-state index contributed by atoms with van der Waals surface area (Å²) in [6.07, 6.45) is 3.67. The highest BCUT2D eigenvalue weighted by atomic mass is 16.2. The minimum absolute atomic E-state index is 0.0131. The number of nitrogens with one attached hydrogen (secondary N) is 3. The van der Waals surface area contributed by atoms with Gasteiger partial charge in [0, 0.05) is 42.1 Å². The Morgan fingerprint density at radius 2 is 1.50 bits per heavy atom. The van der Waals surface area contributed by atoms with Crippen LogP contribution in [-0.4, -0.2) is 42.3 Å². The van der Waals surface area contributed by atoms with Gasteiger partial charge < -0.3 is 20.9 Å². The molecule has 30 heavy (non-hydrogen) atoms. The number of rotatable bonds is 7. The third-order valence-corrected chi connectivity index (χ3v) is 4.98. The van der Waals surface area contributed by atoms with E-state index >= 15 is 0 Å². The van der Waals surface area contributed by atoms with Gasteiger partial charge in [-0.1, -0.05) is 13.0 Å². The van der Waals surface area contributed by atoms with Gasteiger partial charge in [0.15, 0.2) is 0 Å². The Labute approximate surface area is 176 Å². The van der Waals surface area contributed by atoms with Crippen LogP contribution in [0.1, 0.15) is 43.0 Å². The largest absolute Gasteiger partial charge is 0.376 e. The molecule has 158 valence electrons. The van der Waals surface area contributed by atoms with Crippen molar-refractivity contribution in [1.29, 1.82) is 0 Å². The molecule has 0 spiro atoms. The topological polar surface area (TPSA) is 90.5 Å². The average Bonchev–Trinajstić information content (AvgIpc) is 2.79. The fourth-order valence-corrected chi connectivity index (χ4v) is 3.32. The van der Waals surface area contributed by atoms with Crippen LogP contribution in [0.4, 0.5) is 17.1 Å². The molecule has 0 radical (unpaired) electrons. The molecule has 1 aliphatic rings. The van der Waals surface area contributed by atoms with E-state index < -0.39 is 0 Å². The summed E-state index contributed by atoms with van der Waals surface area (Å²) in [4.78, 5) is 38.2. The number of carbonyl (C=O) groups excluding carboxylic acids is 3. The molecule has 3 amide bonds. The summed E-state index contributed by atoms with van der Waals surface area (Å²) in [5, 5.41) is 8.65. The summed E-state index contributed by atoms with van der Waals surface area (Å²) in [6.45, 7) is 3.47. The molecule has 7 nitrogen and oxygen atoms in total. The lowest BCUT2D eigenvalue weighted by Gasteiger charge is -2.26. The zero-order chi connectivity index (χ0) is 21.3. The van der Waals surface area contributed by atoms with Gasteiger partial charge in [-0.25, -0.2) is 0 Å². The van der Waals surface area contributed by atoms with E-state index in [1.807, 2.05) is 4.90 Å². The van der Waals surface area contributed by atoms with Crippen LogP contribution in [0.3, 0.4) is 0 Å². The lowest BCUT2D eigenvalue weighted by molar-refractivity contribution is -0.116. The van der Waals surface area contributed by atoms with Gasteiger partial charge in [0.1, 0.15) is 0 Å². The first-order valence-corrected chi connectivity index (χ1v) is 10.4. The summed E-state index contributed by atoms with van der Waals surface area (Å²) in [7, 11) is 0. The number of likely N-dealkylation sites (tertiary alicyclic amines) is 1. The van der Waals surface area contributed by atoms with Crippen LogP contribution in [-0.2, 0) is 9.59 Å². The second-order valence-electron chi connectivity index (χ2n) is 7.31. The molecular formula is C23H28N4O3. The van der Waals surface area contributed by atoms with E-state index in [2.05, 4.69) is 16.0 Å². The van der Waals surface area contributed by atoms with Gasteiger partial charge in [-0.15, -0.1) is 0 Å². The average molecular weight is 409 g/mol. The van der Waals surface area contributed by atoms with E-state index in [4.69, 9.17) is 0 Å². The highest BCUT2D eigenvalue weighted by molar-refractivity contribution is 5.98. The van der Waals surface area contributed by atoms with Gasteiger partial charge in [-0.3, -0.25) is 14.4 Å². The highest BCUT2D eigenvalue weighted by Gasteiger charge is 2.18. The lowest BCUT2D eigenvalue weighted by Crippen LogP contribution is -2.35. The Morgan fingerprint density at radius 1 is 0.833 bits per heavy atom. The number of hydrogen-bond acceptors (Lipinski definition) is 4. The Kier molecular flexibility index (Phi) is 7.43. The maximum absolute atomic E-state index is 12.6. The quantitative estimate of drug-likeness (QED) is 0.651. The predicted molar refractivity (Wildman–Crippen MR) is 119 cm³/mol. The van der Waals surface area contributed by atoms with Gasteiger partial charge in [-0.2, -0.15) is 0 Å². The Morgan fingerprint density at radius 3 is 2.20 bits per heavy atom. The molecule has 1 heterocycles. The Bertz CT molecular complexity index is 890. The maximum Gasteiger partial charge on any atom is 0.253 e. The molecule has 3 rings (SSSR count). The molecule has 2 aromatic carbocycles. The molecule has 0 aromatic heterocycles. The van der Waals surface area contributed by atoms with Crippen LogP contribution in [0.5, 0.6) is 0 Å². The Hall–Kier alpha value is -3.35. The van der Waals surface area contributed by atoms with E-state index in [-0.39, 0.29) is 24.3 Å². The summed E-state index contributed by atoms with van der Waals surface area (Å²) >= 11 is 0. The molecule has 0 bridgehead atoms. The molecule has 3 N–H and O–H groups in total. The van der Waals surface area contributed by atoms with Crippen molar-refractivity contribution >= 4 is 34.8 Å². The number of piperidine rings is 1. The van der Waals surface area contributed by atoms with Crippen molar-refractivity contribution in [2.75, 3.05) is 35.6 Å². The minimum Gasteiger partial charge on any atom is -0.376 e. The van der Waals surface area contributed by atoms with Crippen LogP contribution in [0, 0.1) is 0 Å². The Balaban J connectivity index is 1.51.